The second kappa shape index (κ2) is 9.48. The average molecular weight is 507 g/mol. The minimum atomic E-state index is -1.14. The second-order valence-corrected chi connectivity index (χ2v) is 11.3. The topological polar surface area (TPSA) is 74.3 Å². The van der Waals surface area contributed by atoms with Crippen LogP contribution in [0.5, 0.6) is 5.75 Å². The van der Waals surface area contributed by atoms with E-state index in [4.69, 9.17) is 18.8 Å². The van der Waals surface area contributed by atoms with Crippen molar-refractivity contribution < 1.29 is 28.4 Å². The summed E-state index contributed by atoms with van der Waals surface area (Å²) in [5.74, 6) is 0.160. The van der Waals surface area contributed by atoms with Crippen LogP contribution in [0, 0.1) is 0 Å². The molecule has 2 aliphatic heterocycles. The molecule has 4 rings (SSSR count). The molecule has 2 aromatic rings. The van der Waals surface area contributed by atoms with Crippen LogP contribution in [0.3, 0.4) is 0 Å². The van der Waals surface area contributed by atoms with Gasteiger partial charge in [-0.25, -0.2) is 4.79 Å². The second-order valence-electron chi connectivity index (χ2n) is 11.3. The summed E-state index contributed by atoms with van der Waals surface area (Å²) in [6.07, 6.45) is 0.0417. The predicted octanol–water partition coefficient (Wildman–Crippen LogP) is 4.70. The van der Waals surface area contributed by atoms with Gasteiger partial charge in [-0.3, -0.25) is 4.79 Å². The minimum Gasteiger partial charge on any atom is -0.491 e. The van der Waals surface area contributed by atoms with Crippen LogP contribution < -0.4 is 15.1 Å². The van der Waals surface area contributed by atoms with Gasteiger partial charge >= 0.3 is 13.1 Å². The van der Waals surface area contributed by atoms with Crippen LogP contribution in [0.25, 0.3) is 0 Å². The highest BCUT2D eigenvalue weighted by molar-refractivity contribution is 6.62. The van der Waals surface area contributed by atoms with Gasteiger partial charge in [0.05, 0.1) is 29.3 Å². The number of hydrogen-bond acceptors (Lipinski definition) is 7. The Balaban J connectivity index is 1.85. The van der Waals surface area contributed by atoms with Gasteiger partial charge in [-0.15, -0.1) is 0 Å². The molecule has 0 N–H and O–H groups in total. The van der Waals surface area contributed by atoms with E-state index in [9.17, 15) is 9.59 Å². The van der Waals surface area contributed by atoms with E-state index in [2.05, 4.69) is 0 Å². The number of hydrogen-bond donors (Lipinski definition) is 0. The lowest BCUT2D eigenvalue weighted by atomic mass is 9.71. The smallest absolute Gasteiger partial charge is 0.491 e. The van der Waals surface area contributed by atoms with E-state index in [0.29, 0.717) is 0 Å². The molecule has 2 heterocycles. The summed E-state index contributed by atoms with van der Waals surface area (Å²) in [6.45, 7) is 17.3. The van der Waals surface area contributed by atoms with Crippen molar-refractivity contribution in [2.24, 2.45) is 0 Å². The van der Waals surface area contributed by atoms with Crippen LogP contribution in [-0.2, 0) is 29.0 Å². The number of nitrogens with zero attached hydrogens (tertiary/aromatic N) is 1. The minimum absolute atomic E-state index is 0.0417. The van der Waals surface area contributed by atoms with Gasteiger partial charge in [0.1, 0.15) is 17.6 Å². The average Bonchev–Trinajstić information content (AvgIpc) is 3.20. The largest absolute Gasteiger partial charge is 0.494 e. The van der Waals surface area contributed by atoms with Gasteiger partial charge in [0.15, 0.2) is 0 Å². The summed E-state index contributed by atoms with van der Waals surface area (Å²) < 4.78 is 23.9. The van der Waals surface area contributed by atoms with E-state index in [1.165, 1.54) is 6.92 Å². The first-order valence-electron chi connectivity index (χ1n) is 13.0. The monoisotopic (exact) mass is 507 g/mol. The van der Waals surface area contributed by atoms with Crippen LogP contribution >= 0.6 is 0 Å². The van der Waals surface area contributed by atoms with Crippen LogP contribution in [0.1, 0.15) is 67.9 Å². The lowest BCUT2D eigenvalue weighted by Crippen LogP contribution is -2.51. The van der Waals surface area contributed by atoms with Crippen molar-refractivity contribution >= 4 is 35.7 Å². The number of carbonyl (C=O) groups excluding carboxylic acids is 2. The number of anilines is 2. The van der Waals surface area contributed by atoms with Crippen molar-refractivity contribution in [1.82, 2.24) is 0 Å². The number of benzene rings is 2. The third-order valence-corrected chi connectivity index (χ3v) is 7.90. The van der Waals surface area contributed by atoms with E-state index in [1.54, 1.807) is 6.92 Å². The first kappa shape index (κ1) is 27.2. The molecule has 0 spiro atoms. The number of ketones is 1. The summed E-state index contributed by atoms with van der Waals surface area (Å²) in [5, 5.41) is 0. The molecule has 1 saturated heterocycles. The maximum Gasteiger partial charge on any atom is 0.494 e. The van der Waals surface area contributed by atoms with Crippen LogP contribution in [0.15, 0.2) is 42.5 Å². The molecule has 0 radical (unpaired) electrons. The predicted molar refractivity (Wildman–Crippen MR) is 145 cm³/mol. The Morgan fingerprint density at radius 2 is 1.59 bits per heavy atom. The molecule has 0 saturated carbocycles. The summed E-state index contributed by atoms with van der Waals surface area (Å²) >= 11 is 0. The van der Waals surface area contributed by atoms with E-state index in [-0.39, 0.29) is 18.5 Å². The molecule has 2 atom stereocenters. The highest BCUT2D eigenvalue weighted by Crippen LogP contribution is 2.50. The Kier molecular flexibility index (Phi) is 6.97. The Labute approximate surface area is 220 Å². The van der Waals surface area contributed by atoms with Gasteiger partial charge in [0.2, 0.25) is 0 Å². The summed E-state index contributed by atoms with van der Waals surface area (Å²) in [7, 11) is -0.589. The first-order valence-corrected chi connectivity index (χ1v) is 13.0. The highest BCUT2D eigenvalue weighted by atomic mass is 16.7. The Hall–Kier alpha value is -2.84. The van der Waals surface area contributed by atoms with Crippen LogP contribution in [0.4, 0.5) is 11.4 Å². The van der Waals surface area contributed by atoms with Gasteiger partial charge in [0, 0.05) is 11.4 Å². The third kappa shape index (κ3) is 4.55. The molecule has 8 heteroatoms. The summed E-state index contributed by atoms with van der Waals surface area (Å²) in [4.78, 5) is 28.7. The van der Waals surface area contributed by atoms with Gasteiger partial charge < -0.3 is 23.7 Å². The maximum absolute atomic E-state index is 13.5. The molecular weight excluding hydrogens is 469 g/mol. The summed E-state index contributed by atoms with van der Waals surface area (Å²) in [5.41, 5.74) is 0.939. The molecule has 2 aliphatic rings. The van der Waals surface area contributed by atoms with Gasteiger partial charge in [-0.05, 0) is 104 Å². The molecule has 0 amide bonds. The molecule has 198 valence electrons. The fraction of sp³-hybridized carbons (Fsp3) is 0.517. The molecule has 1 fully saturated rings. The van der Waals surface area contributed by atoms with Crippen LogP contribution in [-0.4, -0.2) is 48.8 Å². The molecule has 0 aromatic heterocycles. The third-order valence-electron chi connectivity index (χ3n) is 7.90. The lowest BCUT2D eigenvalue weighted by molar-refractivity contribution is -0.148. The zero-order valence-electron chi connectivity index (χ0n) is 23.4. The van der Waals surface area contributed by atoms with Crippen molar-refractivity contribution in [1.29, 1.82) is 0 Å². The molecule has 37 heavy (non-hydrogen) atoms. The van der Waals surface area contributed by atoms with Gasteiger partial charge in [-0.1, -0.05) is 12.1 Å². The van der Waals surface area contributed by atoms with Crippen molar-refractivity contribution in [2.75, 3.05) is 11.5 Å². The van der Waals surface area contributed by atoms with E-state index >= 15 is 0 Å². The van der Waals surface area contributed by atoms with Crippen LogP contribution in [0.2, 0.25) is 0 Å². The molecular formula is C29H38BNO6. The maximum atomic E-state index is 13.5. The van der Waals surface area contributed by atoms with Gasteiger partial charge in [0.25, 0.3) is 0 Å². The molecule has 2 unspecified atom stereocenters. The van der Waals surface area contributed by atoms with E-state index in [1.807, 2.05) is 95.8 Å². The van der Waals surface area contributed by atoms with Crippen molar-refractivity contribution in [2.45, 2.75) is 91.1 Å². The molecule has 0 aliphatic carbocycles. The van der Waals surface area contributed by atoms with Crippen molar-refractivity contribution in [3.8, 4) is 5.75 Å². The number of rotatable bonds is 7. The zero-order valence-corrected chi connectivity index (χ0v) is 23.4. The quantitative estimate of drug-likeness (QED) is 0.397. The Morgan fingerprint density at radius 3 is 2.11 bits per heavy atom. The first-order chi connectivity index (χ1) is 17.2. The number of Topliss-reactive ketones (excluding diaryl/α,β-unsaturated/α-hetero) is 1. The SMILES string of the molecule is CCOC(=O)C1N(c2ccc(OC(C)C)cc2)c2ccc(B3OC(C)(C)C(C)(C)O3)cc2C1(C)C(C)=O. The molecule has 7 nitrogen and oxygen atoms in total. The zero-order chi connectivity index (χ0) is 27.3. The van der Waals surface area contributed by atoms with Crippen molar-refractivity contribution in [3.63, 3.8) is 0 Å². The number of carbonyl (C=O) groups is 2. The van der Waals surface area contributed by atoms with Crippen molar-refractivity contribution in [3.05, 3.63) is 48.0 Å². The normalized spacial score (nSPS) is 23.8. The van der Waals surface area contributed by atoms with E-state index < -0.39 is 35.7 Å². The summed E-state index contributed by atoms with van der Waals surface area (Å²) in [6, 6.07) is 12.5. The Morgan fingerprint density at radius 1 is 1.00 bits per heavy atom. The fourth-order valence-electron chi connectivity index (χ4n) is 5.04. The van der Waals surface area contributed by atoms with Gasteiger partial charge in [-0.2, -0.15) is 0 Å². The number of fused-ring (bicyclic) bond motifs is 1. The Bertz CT molecular complexity index is 1180. The number of ether oxygens (including phenoxy) is 2. The highest BCUT2D eigenvalue weighted by Gasteiger charge is 2.57. The fourth-order valence-corrected chi connectivity index (χ4v) is 5.04. The standard InChI is InChI=1S/C29H38BNO6/c1-10-34-26(33)25-29(9,19(4)32)23-17-20(30-36-27(5,6)28(7,8)37-30)11-16-24(23)31(25)21-12-14-22(15-13-21)35-18(2)3/h11-18,25H,10H2,1-9H3. The molecule has 2 aromatic carbocycles. The molecule has 0 bridgehead atoms. The van der Waals surface area contributed by atoms with E-state index in [0.717, 1.165) is 28.2 Å². The number of esters is 1. The lowest BCUT2D eigenvalue weighted by Gasteiger charge is -2.33.